The summed E-state index contributed by atoms with van der Waals surface area (Å²) in [4.78, 5) is 42.9. The second-order valence-corrected chi connectivity index (χ2v) is 8.36. The topological polar surface area (TPSA) is 121 Å². The highest BCUT2D eigenvalue weighted by Gasteiger charge is 2.12. The van der Waals surface area contributed by atoms with Crippen molar-refractivity contribution in [3.63, 3.8) is 0 Å². The first-order valence-corrected chi connectivity index (χ1v) is 11.4. The molecule has 0 radical (unpaired) electrons. The number of aromatic amines is 1. The minimum atomic E-state index is -0.580. The number of benzene rings is 2. The first kappa shape index (κ1) is 24.9. The third-order valence-electron chi connectivity index (χ3n) is 4.63. The lowest BCUT2D eigenvalue weighted by atomic mass is 10.1. The fourth-order valence-corrected chi connectivity index (χ4v) is 3.63. The Labute approximate surface area is 209 Å². The number of allylic oxidation sites excluding steroid dienone is 2. The van der Waals surface area contributed by atoms with Crippen molar-refractivity contribution in [2.45, 2.75) is 20.4 Å². The standard InChI is InChI=1S/C25H22IN3O5/c1-3-5-22(30)28-20-10-7-15(11-21(20)34-23(31)6-4-2)13-27-14-19-18-12-16(26)8-9-17(18)24(32)29-25(19)33/h3-12,14H,13H2,1-2H3,(H,28,30)(H2,29,32,33). The zero-order chi connectivity index (χ0) is 24.7. The molecule has 9 heteroatoms. The largest absolute Gasteiger partial charge is 0.494 e. The van der Waals surface area contributed by atoms with Gasteiger partial charge in [0, 0.05) is 26.6 Å². The van der Waals surface area contributed by atoms with Crippen LogP contribution in [0.2, 0.25) is 0 Å². The number of esters is 1. The highest BCUT2D eigenvalue weighted by Crippen LogP contribution is 2.27. The van der Waals surface area contributed by atoms with Crippen molar-refractivity contribution in [2.75, 3.05) is 5.32 Å². The number of hydrogen-bond acceptors (Lipinski definition) is 6. The molecule has 0 bridgehead atoms. The molecule has 2 aromatic carbocycles. The van der Waals surface area contributed by atoms with Gasteiger partial charge in [-0.1, -0.05) is 18.2 Å². The number of rotatable bonds is 7. The monoisotopic (exact) mass is 571 g/mol. The molecule has 0 fully saturated rings. The van der Waals surface area contributed by atoms with Crippen LogP contribution >= 0.6 is 22.6 Å². The molecule has 0 unspecified atom stereocenters. The Hall–Kier alpha value is -3.73. The Kier molecular flexibility index (Phi) is 8.36. The zero-order valence-corrected chi connectivity index (χ0v) is 20.6. The summed E-state index contributed by atoms with van der Waals surface area (Å²) < 4.78 is 6.29. The van der Waals surface area contributed by atoms with Gasteiger partial charge in [0.15, 0.2) is 5.75 Å². The summed E-state index contributed by atoms with van der Waals surface area (Å²) in [5.74, 6) is -1.03. The van der Waals surface area contributed by atoms with Crippen LogP contribution in [0.25, 0.3) is 10.8 Å². The van der Waals surface area contributed by atoms with Crippen LogP contribution in [0.3, 0.4) is 0 Å². The van der Waals surface area contributed by atoms with E-state index in [0.29, 0.717) is 27.6 Å². The van der Waals surface area contributed by atoms with Gasteiger partial charge in [-0.3, -0.25) is 19.6 Å². The molecule has 0 atom stereocenters. The van der Waals surface area contributed by atoms with E-state index in [-0.39, 0.29) is 29.6 Å². The third-order valence-corrected chi connectivity index (χ3v) is 5.30. The number of aromatic hydroxyl groups is 1. The predicted molar refractivity (Wildman–Crippen MR) is 141 cm³/mol. The molecule has 1 amide bonds. The molecule has 3 aromatic rings. The van der Waals surface area contributed by atoms with Gasteiger partial charge in [0.05, 0.1) is 17.8 Å². The van der Waals surface area contributed by atoms with Crippen molar-refractivity contribution in [1.29, 1.82) is 0 Å². The fraction of sp³-hybridized carbons (Fsp3) is 0.120. The normalized spacial score (nSPS) is 11.6. The Bertz CT molecular complexity index is 1390. The quantitative estimate of drug-likeness (QED) is 0.127. The molecule has 3 rings (SSSR count). The highest BCUT2D eigenvalue weighted by molar-refractivity contribution is 14.1. The zero-order valence-electron chi connectivity index (χ0n) is 18.5. The number of carbonyl (C=O) groups is 2. The van der Waals surface area contributed by atoms with E-state index in [9.17, 15) is 19.5 Å². The molecule has 174 valence electrons. The van der Waals surface area contributed by atoms with Crippen LogP contribution in [0, 0.1) is 3.57 Å². The van der Waals surface area contributed by atoms with Crippen molar-refractivity contribution >= 4 is 57.1 Å². The molecule has 0 saturated heterocycles. The molecular formula is C25H22IN3O5. The van der Waals surface area contributed by atoms with E-state index >= 15 is 0 Å². The molecule has 0 spiro atoms. The van der Waals surface area contributed by atoms with E-state index in [1.807, 2.05) is 6.07 Å². The molecule has 0 aliphatic rings. The van der Waals surface area contributed by atoms with Crippen molar-refractivity contribution in [3.05, 3.63) is 85.8 Å². The molecule has 3 N–H and O–H groups in total. The van der Waals surface area contributed by atoms with Crippen molar-refractivity contribution in [3.8, 4) is 11.6 Å². The van der Waals surface area contributed by atoms with Crippen LogP contribution in [0.15, 0.2) is 70.5 Å². The number of aromatic nitrogens is 1. The lowest BCUT2D eigenvalue weighted by Gasteiger charge is -2.11. The summed E-state index contributed by atoms with van der Waals surface area (Å²) in [6, 6.07) is 10.3. The minimum absolute atomic E-state index is 0.181. The first-order chi connectivity index (χ1) is 16.3. The van der Waals surface area contributed by atoms with E-state index in [0.717, 1.165) is 3.57 Å². The number of aliphatic imine (C=N–C) groups is 1. The molecule has 0 aliphatic heterocycles. The van der Waals surface area contributed by atoms with Gasteiger partial charge in [-0.2, -0.15) is 0 Å². The van der Waals surface area contributed by atoms with Crippen LogP contribution in [-0.4, -0.2) is 28.2 Å². The van der Waals surface area contributed by atoms with Gasteiger partial charge in [0.2, 0.25) is 11.8 Å². The second kappa shape index (κ2) is 11.4. The minimum Gasteiger partial charge on any atom is -0.494 e. The molecule has 34 heavy (non-hydrogen) atoms. The number of nitrogens with one attached hydrogen (secondary N) is 2. The Morgan fingerprint density at radius 3 is 2.62 bits per heavy atom. The van der Waals surface area contributed by atoms with Crippen LogP contribution in [0.1, 0.15) is 25.0 Å². The number of H-pyrrole nitrogens is 1. The average Bonchev–Trinajstić information content (AvgIpc) is 2.77. The molecular weight excluding hydrogens is 549 g/mol. The van der Waals surface area contributed by atoms with Gasteiger partial charge in [-0.15, -0.1) is 0 Å². The number of carbonyl (C=O) groups excluding carboxylic acids is 2. The lowest BCUT2D eigenvalue weighted by Crippen LogP contribution is -2.12. The number of pyridine rings is 1. The first-order valence-electron chi connectivity index (χ1n) is 10.3. The molecule has 1 aromatic heterocycles. The Balaban J connectivity index is 1.91. The van der Waals surface area contributed by atoms with Crippen molar-refractivity contribution in [1.82, 2.24) is 4.98 Å². The second-order valence-electron chi connectivity index (χ2n) is 7.12. The van der Waals surface area contributed by atoms with Gasteiger partial charge >= 0.3 is 5.97 Å². The Morgan fingerprint density at radius 2 is 1.88 bits per heavy atom. The number of anilines is 1. The summed E-state index contributed by atoms with van der Waals surface area (Å²) in [7, 11) is 0. The number of fused-ring (bicyclic) bond motifs is 1. The van der Waals surface area contributed by atoms with E-state index < -0.39 is 5.97 Å². The van der Waals surface area contributed by atoms with Gasteiger partial charge in [-0.25, -0.2) is 4.79 Å². The van der Waals surface area contributed by atoms with E-state index in [1.165, 1.54) is 18.4 Å². The smallest absolute Gasteiger partial charge is 0.335 e. The van der Waals surface area contributed by atoms with Gasteiger partial charge in [0.25, 0.3) is 5.56 Å². The summed E-state index contributed by atoms with van der Waals surface area (Å²) in [6.45, 7) is 3.61. The highest BCUT2D eigenvalue weighted by atomic mass is 127. The molecule has 1 heterocycles. The van der Waals surface area contributed by atoms with Crippen molar-refractivity contribution < 1.29 is 19.4 Å². The van der Waals surface area contributed by atoms with Crippen molar-refractivity contribution in [2.24, 2.45) is 4.99 Å². The Morgan fingerprint density at radius 1 is 1.12 bits per heavy atom. The molecule has 0 aliphatic carbocycles. The maximum atomic E-state index is 12.1. The maximum Gasteiger partial charge on any atom is 0.335 e. The fourth-order valence-electron chi connectivity index (χ4n) is 3.14. The average molecular weight is 571 g/mol. The summed E-state index contributed by atoms with van der Waals surface area (Å²) in [5, 5.41) is 14.0. The van der Waals surface area contributed by atoms with E-state index in [2.05, 4.69) is 37.9 Å². The number of ether oxygens (including phenoxy) is 1. The lowest BCUT2D eigenvalue weighted by molar-refractivity contribution is -0.129. The molecule has 8 nitrogen and oxygen atoms in total. The number of nitrogens with zero attached hydrogens (tertiary/aromatic N) is 1. The number of amides is 1. The van der Waals surface area contributed by atoms with Crippen LogP contribution in [0.5, 0.6) is 11.6 Å². The van der Waals surface area contributed by atoms with Gasteiger partial charge < -0.3 is 15.2 Å². The van der Waals surface area contributed by atoms with Gasteiger partial charge in [-0.05, 0) is 78.4 Å². The van der Waals surface area contributed by atoms with Crippen LogP contribution in [-0.2, 0) is 16.1 Å². The third kappa shape index (κ3) is 6.19. The van der Waals surface area contributed by atoms with E-state index in [4.69, 9.17) is 4.74 Å². The summed E-state index contributed by atoms with van der Waals surface area (Å²) >= 11 is 2.13. The number of halogens is 1. The van der Waals surface area contributed by atoms with Crippen LogP contribution in [0.4, 0.5) is 5.69 Å². The van der Waals surface area contributed by atoms with E-state index in [1.54, 1.807) is 56.3 Å². The van der Waals surface area contributed by atoms with Gasteiger partial charge in [0.1, 0.15) is 0 Å². The van der Waals surface area contributed by atoms with Crippen LogP contribution < -0.4 is 15.6 Å². The SMILES string of the molecule is CC=CC(=O)Nc1ccc(CN=Cc2c(O)[nH]c(=O)c3ccc(I)cc23)cc1OC(=O)C=CC. The maximum absolute atomic E-state index is 12.1. The predicted octanol–water partition coefficient (Wildman–Crippen LogP) is 4.45. The summed E-state index contributed by atoms with van der Waals surface area (Å²) in [6.07, 6.45) is 7.26. The molecule has 0 saturated carbocycles. The summed E-state index contributed by atoms with van der Waals surface area (Å²) in [5.41, 5.74) is 1.05. The number of hydrogen-bond donors (Lipinski definition) is 3.